The fourth-order valence-corrected chi connectivity index (χ4v) is 2.91. The van der Waals surface area contributed by atoms with Crippen molar-refractivity contribution in [1.82, 2.24) is 9.78 Å². The van der Waals surface area contributed by atoms with Gasteiger partial charge in [0.25, 0.3) is 11.5 Å². The zero-order chi connectivity index (χ0) is 23.5. The SMILES string of the molecule is CCOC(=O)c1nn(-c2ccccc2C)c(=O)cc1NC(=O)c1cccc(C(F)(F)F)c1. The molecular weight excluding hydrogens is 427 g/mol. The van der Waals surface area contributed by atoms with Crippen LogP contribution in [0.2, 0.25) is 0 Å². The van der Waals surface area contributed by atoms with Crippen LogP contribution in [0.4, 0.5) is 18.9 Å². The molecular formula is C22H18F3N3O4. The van der Waals surface area contributed by atoms with Crippen LogP contribution in [-0.4, -0.2) is 28.3 Å². The number of hydrogen-bond acceptors (Lipinski definition) is 5. The second kappa shape index (κ2) is 9.04. The van der Waals surface area contributed by atoms with E-state index in [4.69, 9.17) is 4.74 Å². The van der Waals surface area contributed by atoms with Gasteiger partial charge >= 0.3 is 12.1 Å². The molecule has 10 heteroatoms. The van der Waals surface area contributed by atoms with Gasteiger partial charge in [0.05, 0.1) is 23.5 Å². The number of alkyl halides is 3. The van der Waals surface area contributed by atoms with Gasteiger partial charge in [0.1, 0.15) is 0 Å². The minimum Gasteiger partial charge on any atom is -0.461 e. The smallest absolute Gasteiger partial charge is 0.416 e. The maximum Gasteiger partial charge on any atom is 0.416 e. The molecule has 0 radical (unpaired) electrons. The fraction of sp³-hybridized carbons (Fsp3) is 0.182. The van der Waals surface area contributed by atoms with E-state index in [0.29, 0.717) is 17.3 Å². The van der Waals surface area contributed by atoms with Gasteiger partial charge < -0.3 is 10.1 Å². The van der Waals surface area contributed by atoms with Crippen molar-refractivity contribution in [2.24, 2.45) is 0 Å². The normalized spacial score (nSPS) is 11.2. The molecule has 0 fully saturated rings. The molecule has 0 saturated heterocycles. The summed E-state index contributed by atoms with van der Waals surface area (Å²) >= 11 is 0. The molecule has 0 unspecified atom stereocenters. The highest BCUT2D eigenvalue weighted by atomic mass is 19.4. The first-order valence-electron chi connectivity index (χ1n) is 9.48. The van der Waals surface area contributed by atoms with Crippen molar-refractivity contribution in [3.8, 4) is 5.69 Å². The first-order valence-corrected chi connectivity index (χ1v) is 9.48. The molecule has 3 rings (SSSR count). The van der Waals surface area contributed by atoms with Crippen LogP contribution < -0.4 is 10.9 Å². The lowest BCUT2D eigenvalue weighted by atomic mass is 10.1. The number of benzene rings is 2. The second-order valence-corrected chi connectivity index (χ2v) is 6.70. The van der Waals surface area contributed by atoms with Gasteiger partial charge in [-0.15, -0.1) is 0 Å². The zero-order valence-corrected chi connectivity index (χ0v) is 17.1. The quantitative estimate of drug-likeness (QED) is 0.600. The van der Waals surface area contributed by atoms with E-state index in [1.807, 2.05) is 0 Å². The minimum absolute atomic E-state index is 0.00498. The minimum atomic E-state index is -4.64. The van der Waals surface area contributed by atoms with Crippen LogP contribution >= 0.6 is 0 Å². The highest BCUT2D eigenvalue weighted by molar-refractivity contribution is 6.07. The monoisotopic (exact) mass is 445 g/mol. The lowest BCUT2D eigenvalue weighted by Gasteiger charge is -2.14. The molecule has 0 atom stereocenters. The molecule has 3 aromatic rings. The predicted molar refractivity (Wildman–Crippen MR) is 110 cm³/mol. The Kier molecular flexibility index (Phi) is 6.42. The molecule has 7 nitrogen and oxygen atoms in total. The summed E-state index contributed by atoms with van der Waals surface area (Å²) in [5, 5.41) is 6.36. The van der Waals surface area contributed by atoms with E-state index in [9.17, 15) is 27.6 Å². The van der Waals surface area contributed by atoms with E-state index in [2.05, 4.69) is 10.4 Å². The van der Waals surface area contributed by atoms with Gasteiger partial charge in [0.2, 0.25) is 0 Å². The summed E-state index contributed by atoms with van der Waals surface area (Å²) in [5.74, 6) is -1.86. The maximum atomic E-state index is 13.0. The van der Waals surface area contributed by atoms with E-state index in [0.717, 1.165) is 22.9 Å². The Morgan fingerprint density at radius 2 is 1.81 bits per heavy atom. The molecule has 0 aliphatic carbocycles. The number of aryl methyl sites for hydroxylation is 1. The van der Waals surface area contributed by atoms with Crippen molar-refractivity contribution < 1.29 is 27.5 Å². The van der Waals surface area contributed by atoms with Gasteiger partial charge in [0.15, 0.2) is 5.69 Å². The Bertz CT molecular complexity index is 1240. The van der Waals surface area contributed by atoms with E-state index in [1.54, 1.807) is 38.1 Å². The van der Waals surface area contributed by atoms with Crippen molar-refractivity contribution in [2.45, 2.75) is 20.0 Å². The molecule has 0 aliphatic rings. The summed E-state index contributed by atoms with van der Waals surface area (Å²) in [6, 6.07) is 11.5. The summed E-state index contributed by atoms with van der Waals surface area (Å²) in [6.45, 7) is 3.32. The molecule has 1 aromatic heterocycles. The van der Waals surface area contributed by atoms with Gasteiger partial charge in [-0.05, 0) is 43.7 Å². The summed E-state index contributed by atoms with van der Waals surface area (Å²) in [5.41, 5.74) is -1.50. The predicted octanol–water partition coefficient (Wildman–Crippen LogP) is 3.99. The van der Waals surface area contributed by atoms with Crippen LogP contribution in [0.25, 0.3) is 5.69 Å². The average molecular weight is 445 g/mol. The van der Waals surface area contributed by atoms with E-state index in [1.165, 1.54) is 6.07 Å². The largest absolute Gasteiger partial charge is 0.461 e. The maximum absolute atomic E-state index is 13.0. The second-order valence-electron chi connectivity index (χ2n) is 6.70. The zero-order valence-electron chi connectivity index (χ0n) is 17.1. The van der Waals surface area contributed by atoms with Crippen molar-refractivity contribution >= 4 is 17.6 Å². The first-order chi connectivity index (χ1) is 15.1. The van der Waals surface area contributed by atoms with Crippen LogP contribution in [0, 0.1) is 6.92 Å². The summed E-state index contributed by atoms with van der Waals surface area (Å²) in [6.07, 6.45) is -4.64. The molecule has 1 amide bonds. The van der Waals surface area contributed by atoms with Gasteiger partial charge in [0, 0.05) is 11.6 Å². The molecule has 0 saturated carbocycles. The first kappa shape index (κ1) is 22.7. The molecule has 2 aromatic carbocycles. The lowest BCUT2D eigenvalue weighted by molar-refractivity contribution is -0.137. The molecule has 32 heavy (non-hydrogen) atoms. The van der Waals surface area contributed by atoms with Gasteiger partial charge in [-0.1, -0.05) is 24.3 Å². The van der Waals surface area contributed by atoms with Crippen LogP contribution in [0.3, 0.4) is 0 Å². The van der Waals surface area contributed by atoms with Crippen LogP contribution in [0.1, 0.15) is 38.9 Å². The summed E-state index contributed by atoms with van der Waals surface area (Å²) < 4.78 is 44.8. The highest BCUT2D eigenvalue weighted by Gasteiger charge is 2.31. The molecule has 1 heterocycles. The lowest BCUT2D eigenvalue weighted by Crippen LogP contribution is -2.27. The number of ether oxygens (including phenoxy) is 1. The average Bonchev–Trinajstić information content (AvgIpc) is 2.74. The third-order valence-electron chi connectivity index (χ3n) is 4.44. The number of para-hydroxylation sites is 1. The highest BCUT2D eigenvalue weighted by Crippen LogP contribution is 2.29. The fourth-order valence-electron chi connectivity index (χ4n) is 2.91. The number of nitrogens with zero attached hydrogens (tertiary/aromatic N) is 2. The third kappa shape index (κ3) is 4.85. The molecule has 0 spiro atoms. The van der Waals surface area contributed by atoms with Gasteiger partial charge in [-0.25, -0.2) is 4.79 Å². The molecule has 0 aliphatic heterocycles. The number of carbonyl (C=O) groups excluding carboxylic acids is 2. The number of carbonyl (C=O) groups is 2. The third-order valence-corrected chi connectivity index (χ3v) is 4.44. The number of aromatic nitrogens is 2. The number of nitrogens with one attached hydrogen (secondary N) is 1. The Labute approximate surface area is 180 Å². The summed E-state index contributed by atoms with van der Waals surface area (Å²) in [4.78, 5) is 37.7. The van der Waals surface area contributed by atoms with Crippen molar-refractivity contribution in [3.05, 3.63) is 87.3 Å². The number of anilines is 1. The Hall–Kier alpha value is -3.95. The van der Waals surface area contributed by atoms with Crippen molar-refractivity contribution in [2.75, 3.05) is 11.9 Å². The van der Waals surface area contributed by atoms with E-state index >= 15 is 0 Å². The van der Waals surface area contributed by atoms with Crippen molar-refractivity contribution in [1.29, 1.82) is 0 Å². The van der Waals surface area contributed by atoms with Gasteiger partial charge in [-0.2, -0.15) is 23.0 Å². The van der Waals surface area contributed by atoms with Crippen LogP contribution in [0.5, 0.6) is 0 Å². The van der Waals surface area contributed by atoms with E-state index in [-0.39, 0.29) is 23.6 Å². The Morgan fingerprint density at radius 1 is 1.09 bits per heavy atom. The number of rotatable bonds is 5. The Balaban J connectivity index is 2.05. The van der Waals surface area contributed by atoms with Gasteiger partial charge in [-0.3, -0.25) is 9.59 Å². The van der Waals surface area contributed by atoms with Crippen LogP contribution in [-0.2, 0) is 10.9 Å². The number of amides is 1. The van der Waals surface area contributed by atoms with Crippen molar-refractivity contribution in [3.63, 3.8) is 0 Å². The molecule has 0 bridgehead atoms. The number of hydrogen-bond donors (Lipinski definition) is 1. The summed E-state index contributed by atoms with van der Waals surface area (Å²) in [7, 11) is 0. The molecule has 166 valence electrons. The number of halogens is 3. The Morgan fingerprint density at radius 3 is 2.47 bits per heavy atom. The topological polar surface area (TPSA) is 90.3 Å². The van der Waals surface area contributed by atoms with Crippen LogP contribution in [0.15, 0.2) is 59.4 Å². The number of esters is 1. The van der Waals surface area contributed by atoms with E-state index < -0.39 is 29.2 Å². The standard InChI is InChI=1S/C22H18F3N3O4/c1-3-32-21(31)19-16(12-18(29)28(27-19)17-10-5-4-7-13(17)2)26-20(30)14-8-6-9-15(11-14)22(23,24)25/h4-12H,3H2,1-2H3,(H,26,30). The molecule has 1 N–H and O–H groups in total.